The molecule has 0 heterocycles. The molecule has 1 N–H and O–H groups in total. The summed E-state index contributed by atoms with van der Waals surface area (Å²) in [6.45, 7) is 5.26. The first kappa shape index (κ1) is 17.4. The first-order valence-corrected chi connectivity index (χ1v) is 8.55. The zero-order valence-corrected chi connectivity index (χ0v) is 14.3. The molecule has 0 saturated heterocycles. The maximum absolute atomic E-state index is 12.2. The van der Waals surface area contributed by atoms with Crippen molar-refractivity contribution in [2.24, 2.45) is 5.92 Å². The van der Waals surface area contributed by atoms with Gasteiger partial charge in [0, 0.05) is 17.6 Å². The molecule has 7 heteroatoms. The van der Waals surface area contributed by atoms with E-state index in [1.807, 2.05) is 13.8 Å². The molecule has 1 aromatic rings. The highest BCUT2D eigenvalue weighted by Gasteiger charge is 2.19. The van der Waals surface area contributed by atoms with E-state index in [0.29, 0.717) is 29.4 Å². The van der Waals surface area contributed by atoms with Crippen molar-refractivity contribution in [2.75, 3.05) is 26.9 Å². The fourth-order valence-corrected chi connectivity index (χ4v) is 3.22. The zero-order valence-electron chi connectivity index (χ0n) is 11.8. The Morgan fingerprint density at radius 1 is 1.35 bits per heavy atom. The maximum Gasteiger partial charge on any atom is 0.244 e. The summed E-state index contributed by atoms with van der Waals surface area (Å²) in [5.74, 6) is 0.737. The summed E-state index contributed by atoms with van der Waals surface area (Å²) in [5.41, 5.74) is 0. The van der Waals surface area contributed by atoms with Gasteiger partial charge in [0.25, 0.3) is 0 Å². The van der Waals surface area contributed by atoms with Gasteiger partial charge in [0.15, 0.2) is 0 Å². The smallest absolute Gasteiger partial charge is 0.244 e. The van der Waals surface area contributed by atoms with E-state index < -0.39 is 10.0 Å². The number of nitrogens with one attached hydrogen (secondary N) is 1. The third-order valence-corrected chi connectivity index (χ3v) is 4.38. The summed E-state index contributed by atoms with van der Waals surface area (Å²) >= 11 is 3.25. The number of halogens is 1. The van der Waals surface area contributed by atoms with E-state index in [-0.39, 0.29) is 11.4 Å². The minimum Gasteiger partial charge on any atom is -0.495 e. The van der Waals surface area contributed by atoms with Crippen molar-refractivity contribution < 1.29 is 17.9 Å². The number of sulfonamides is 1. The van der Waals surface area contributed by atoms with Crippen molar-refractivity contribution in [2.45, 2.75) is 18.7 Å². The third kappa shape index (κ3) is 5.40. The molecule has 0 spiro atoms. The third-order valence-electron chi connectivity index (χ3n) is 2.40. The van der Waals surface area contributed by atoms with Crippen LogP contribution in [0.25, 0.3) is 0 Å². The normalized spacial score (nSPS) is 11.8. The molecule has 20 heavy (non-hydrogen) atoms. The summed E-state index contributed by atoms with van der Waals surface area (Å²) < 4.78 is 38.0. The van der Waals surface area contributed by atoms with Gasteiger partial charge in [0.05, 0.1) is 13.7 Å². The highest BCUT2D eigenvalue weighted by Crippen LogP contribution is 2.26. The second kappa shape index (κ2) is 7.97. The number of methoxy groups -OCH3 is 1. The van der Waals surface area contributed by atoms with Crippen molar-refractivity contribution in [3.8, 4) is 5.75 Å². The lowest BCUT2D eigenvalue weighted by Gasteiger charge is -2.11. The summed E-state index contributed by atoms with van der Waals surface area (Å²) in [6, 6.07) is 4.84. The van der Waals surface area contributed by atoms with E-state index in [1.165, 1.54) is 13.2 Å². The standard InChI is InChI=1S/C13H20BrNO4S/c1-10(2)9-19-7-6-15-20(16,17)13-8-11(14)4-5-12(13)18-3/h4-5,8,10,15H,6-7,9H2,1-3H3. The molecular formula is C13H20BrNO4S. The Labute approximate surface area is 128 Å². The van der Waals surface area contributed by atoms with Gasteiger partial charge in [-0.05, 0) is 24.1 Å². The molecule has 0 atom stereocenters. The average Bonchev–Trinajstić information content (AvgIpc) is 2.37. The quantitative estimate of drug-likeness (QED) is 0.718. The second-order valence-corrected chi connectivity index (χ2v) is 7.31. The van der Waals surface area contributed by atoms with E-state index in [4.69, 9.17) is 9.47 Å². The van der Waals surface area contributed by atoms with Crippen LogP contribution in [0.1, 0.15) is 13.8 Å². The van der Waals surface area contributed by atoms with Crippen molar-refractivity contribution in [1.29, 1.82) is 0 Å². The Hall–Kier alpha value is -0.630. The zero-order chi connectivity index (χ0) is 15.2. The topological polar surface area (TPSA) is 64.6 Å². The van der Waals surface area contributed by atoms with E-state index in [9.17, 15) is 8.42 Å². The van der Waals surface area contributed by atoms with Crippen LogP contribution in [-0.4, -0.2) is 35.3 Å². The molecule has 0 aliphatic carbocycles. The SMILES string of the molecule is COc1ccc(Br)cc1S(=O)(=O)NCCOCC(C)C. The van der Waals surface area contributed by atoms with Gasteiger partial charge in [-0.25, -0.2) is 13.1 Å². The Bertz CT molecular complexity index is 531. The molecule has 0 radical (unpaired) electrons. The van der Waals surface area contributed by atoms with Crippen LogP contribution >= 0.6 is 15.9 Å². The number of ether oxygens (including phenoxy) is 2. The first-order valence-electron chi connectivity index (χ1n) is 6.27. The number of hydrogen-bond acceptors (Lipinski definition) is 4. The van der Waals surface area contributed by atoms with Crippen LogP contribution in [0.15, 0.2) is 27.6 Å². The molecule has 114 valence electrons. The van der Waals surface area contributed by atoms with Crippen LogP contribution < -0.4 is 9.46 Å². The Morgan fingerprint density at radius 2 is 2.05 bits per heavy atom. The maximum atomic E-state index is 12.2. The number of hydrogen-bond donors (Lipinski definition) is 1. The van der Waals surface area contributed by atoms with Crippen molar-refractivity contribution >= 4 is 26.0 Å². The lowest BCUT2D eigenvalue weighted by atomic mass is 10.2. The van der Waals surface area contributed by atoms with Gasteiger partial charge in [-0.2, -0.15) is 0 Å². The fourth-order valence-electron chi connectivity index (χ4n) is 1.51. The molecule has 0 aliphatic heterocycles. The predicted octanol–water partition coefficient (Wildman–Crippen LogP) is 2.41. The van der Waals surface area contributed by atoms with Crippen LogP contribution in [0.5, 0.6) is 5.75 Å². The van der Waals surface area contributed by atoms with Crippen molar-refractivity contribution in [1.82, 2.24) is 4.72 Å². The van der Waals surface area contributed by atoms with Crippen molar-refractivity contribution in [3.05, 3.63) is 22.7 Å². The predicted molar refractivity (Wildman–Crippen MR) is 81.5 cm³/mol. The van der Waals surface area contributed by atoms with Crippen LogP contribution in [0.2, 0.25) is 0 Å². The van der Waals surface area contributed by atoms with Gasteiger partial charge in [-0.15, -0.1) is 0 Å². The minimum absolute atomic E-state index is 0.109. The van der Waals surface area contributed by atoms with Crippen LogP contribution in [0.4, 0.5) is 0 Å². The Balaban J connectivity index is 2.67. The van der Waals surface area contributed by atoms with Gasteiger partial charge in [0.2, 0.25) is 10.0 Å². The molecule has 0 aliphatic rings. The summed E-state index contributed by atoms with van der Waals surface area (Å²) in [5, 5.41) is 0. The van der Waals surface area contributed by atoms with E-state index >= 15 is 0 Å². The monoisotopic (exact) mass is 365 g/mol. The first-order chi connectivity index (χ1) is 9.36. The lowest BCUT2D eigenvalue weighted by Crippen LogP contribution is -2.28. The molecular weight excluding hydrogens is 346 g/mol. The summed E-state index contributed by atoms with van der Waals surface area (Å²) in [4.78, 5) is 0.109. The lowest BCUT2D eigenvalue weighted by molar-refractivity contribution is 0.114. The van der Waals surface area contributed by atoms with Crippen LogP contribution in [-0.2, 0) is 14.8 Å². The molecule has 5 nitrogen and oxygen atoms in total. The molecule has 1 aromatic carbocycles. The molecule has 0 bridgehead atoms. The van der Waals surface area contributed by atoms with Crippen LogP contribution in [0, 0.1) is 5.92 Å². The summed E-state index contributed by atoms with van der Waals surface area (Å²) in [6.07, 6.45) is 0. The fraction of sp³-hybridized carbons (Fsp3) is 0.538. The molecule has 1 rings (SSSR count). The van der Waals surface area contributed by atoms with Gasteiger partial charge in [0.1, 0.15) is 10.6 Å². The second-order valence-electron chi connectivity index (χ2n) is 4.66. The molecule has 0 unspecified atom stereocenters. The largest absolute Gasteiger partial charge is 0.495 e. The summed E-state index contributed by atoms with van der Waals surface area (Å²) in [7, 11) is -2.17. The van der Waals surface area contributed by atoms with Gasteiger partial charge >= 0.3 is 0 Å². The van der Waals surface area contributed by atoms with Crippen LogP contribution in [0.3, 0.4) is 0 Å². The highest BCUT2D eigenvalue weighted by molar-refractivity contribution is 9.10. The van der Waals surface area contributed by atoms with E-state index in [2.05, 4.69) is 20.7 Å². The van der Waals surface area contributed by atoms with Gasteiger partial charge < -0.3 is 9.47 Å². The Morgan fingerprint density at radius 3 is 2.65 bits per heavy atom. The number of rotatable bonds is 8. The number of benzene rings is 1. The average molecular weight is 366 g/mol. The van der Waals surface area contributed by atoms with Gasteiger partial charge in [-0.1, -0.05) is 29.8 Å². The molecule has 0 saturated carbocycles. The highest BCUT2D eigenvalue weighted by atomic mass is 79.9. The molecule has 0 fully saturated rings. The van der Waals surface area contributed by atoms with Crippen molar-refractivity contribution in [3.63, 3.8) is 0 Å². The van der Waals surface area contributed by atoms with Gasteiger partial charge in [-0.3, -0.25) is 0 Å². The Kier molecular flexibility index (Phi) is 6.94. The molecule has 0 aromatic heterocycles. The molecule has 0 amide bonds. The van der Waals surface area contributed by atoms with E-state index in [0.717, 1.165) is 0 Å². The van der Waals surface area contributed by atoms with E-state index in [1.54, 1.807) is 12.1 Å². The minimum atomic E-state index is -3.61.